The van der Waals surface area contributed by atoms with Gasteiger partial charge < -0.3 is 9.84 Å². The number of fused-ring (bicyclic) bond motifs is 1. The van der Waals surface area contributed by atoms with Crippen LogP contribution in [0.4, 0.5) is 0 Å². The van der Waals surface area contributed by atoms with Crippen LogP contribution in [-0.4, -0.2) is 66.6 Å². The number of ether oxygens (including phenoxy) is 1. The minimum atomic E-state index is -3.90. The van der Waals surface area contributed by atoms with E-state index in [9.17, 15) is 13.5 Å². The molecule has 194 valence electrons. The van der Waals surface area contributed by atoms with Gasteiger partial charge in [0.25, 0.3) is 0 Å². The molecule has 1 aromatic heterocycles. The van der Waals surface area contributed by atoms with Crippen LogP contribution in [-0.2, 0) is 16.6 Å². The van der Waals surface area contributed by atoms with Crippen molar-refractivity contribution in [3.8, 4) is 17.6 Å². The van der Waals surface area contributed by atoms with E-state index < -0.39 is 16.1 Å². The van der Waals surface area contributed by atoms with Crippen LogP contribution < -0.4 is 4.74 Å². The van der Waals surface area contributed by atoms with Crippen molar-refractivity contribution in [1.82, 2.24) is 14.2 Å². The van der Waals surface area contributed by atoms with Gasteiger partial charge in [-0.15, -0.1) is 0 Å². The van der Waals surface area contributed by atoms with Crippen molar-refractivity contribution < 1.29 is 18.3 Å². The van der Waals surface area contributed by atoms with Gasteiger partial charge in [0.15, 0.2) is 0 Å². The van der Waals surface area contributed by atoms with Gasteiger partial charge in [0, 0.05) is 43.4 Å². The van der Waals surface area contributed by atoms with Crippen molar-refractivity contribution in [3.63, 3.8) is 0 Å². The maximum Gasteiger partial charge on any atom is 0.247 e. The summed E-state index contributed by atoms with van der Waals surface area (Å²) in [6.45, 7) is 5.02. The third-order valence-corrected chi connectivity index (χ3v) is 8.47. The molecule has 2 aromatic carbocycles. The Bertz CT molecular complexity index is 1350. The van der Waals surface area contributed by atoms with Crippen LogP contribution in [0, 0.1) is 17.8 Å². The van der Waals surface area contributed by atoms with E-state index in [-0.39, 0.29) is 35.8 Å². The number of rotatable bonds is 6. The summed E-state index contributed by atoms with van der Waals surface area (Å²) >= 11 is 0. The first-order valence-electron chi connectivity index (χ1n) is 12.4. The first kappa shape index (κ1) is 26.8. The van der Waals surface area contributed by atoms with Gasteiger partial charge in [-0.25, -0.2) is 13.4 Å². The highest BCUT2D eigenvalue weighted by Gasteiger charge is 2.38. The molecule has 1 N–H and O–H groups in total. The van der Waals surface area contributed by atoms with Crippen molar-refractivity contribution >= 4 is 10.0 Å². The van der Waals surface area contributed by atoms with E-state index in [1.807, 2.05) is 50.4 Å². The summed E-state index contributed by atoms with van der Waals surface area (Å²) in [5, 5.41) is 9.84. The standard InChI is InChI=1S/C29H33N3O4S/c1-22-18-32(23(2)21-33)37(34,35)29-15-13-24(12-14-26-11-7-8-16-30-26)17-27(29)36-28(22)20-31(3)19-25-9-5-4-6-10-25/h4-11,13,15-17,22-23,28,33H,18-21H2,1-3H3/t22-,23+,28+/m0/s1. The number of hydrogen-bond acceptors (Lipinski definition) is 6. The summed E-state index contributed by atoms with van der Waals surface area (Å²) < 4.78 is 35.2. The molecule has 37 heavy (non-hydrogen) atoms. The third kappa shape index (κ3) is 6.56. The molecule has 1 aliphatic rings. The number of nitrogens with zero attached hydrogens (tertiary/aromatic N) is 3. The molecule has 0 amide bonds. The molecular weight excluding hydrogens is 486 g/mol. The molecule has 2 heterocycles. The van der Waals surface area contributed by atoms with Crippen molar-refractivity contribution in [2.45, 2.75) is 37.4 Å². The van der Waals surface area contributed by atoms with Crippen LogP contribution in [0.1, 0.15) is 30.7 Å². The maximum atomic E-state index is 13.7. The average molecular weight is 520 g/mol. The van der Waals surface area contributed by atoms with Crippen molar-refractivity contribution in [2.24, 2.45) is 5.92 Å². The molecule has 7 nitrogen and oxygen atoms in total. The lowest BCUT2D eigenvalue weighted by molar-refractivity contribution is 0.0733. The van der Waals surface area contributed by atoms with Crippen LogP contribution >= 0.6 is 0 Å². The fourth-order valence-electron chi connectivity index (χ4n) is 4.36. The second-order valence-electron chi connectivity index (χ2n) is 9.55. The molecule has 3 atom stereocenters. The van der Waals surface area contributed by atoms with E-state index in [4.69, 9.17) is 4.74 Å². The largest absolute Gasteiger partial charge is 0.487 e. The molecule has 0 aliphatic carbocycles. The lowest BCUT2D eigenvalue weighted by Crippen LogP contribution is -2.49. The summed E-state index contributed by atoms with van der Waals surface area (Å²) in [7, 11) is -1.87. The monoisotopic (exact) mass is 519 g/mol. The first-order chi connectivity index (χ1) is 17.8. The van der Waals surface area contributed by atoms with Gasteiger partial charge in [-0.3, -0.25) is 4.90 Å². The lowest BCUT2D eigenvalue weighted by Gasteiger charge is -2.37. The molecule has 4 rings (SSSR count). The molecule has 0 fully saturated rings. The highest BCUT2D eigenvalue weighted by Crippen LogP contribution is 2.34. The fourth-order valence-corrected chi connectivity index (χ4v) is 6.19. The van der Waals surface area contributed by atoms with Crippen LogP contribution in [0.25, 0.3) is 0 Å². The molecule has 3 aromatic rings. The number of pyridine rings is 1. The Kier molecular flexibility index (Phi) is 8.62. The number of aliphatic hydroxyl groups excluding tert-OH is 1. The zero-order chi connectivity index (χ0) is 26.4. The number of hydrogen-bond donors (Lipinski definition) is 1. The summed E-state index contributed by atoms with van der Waals surface area (Å²) in [5.74, 6) is 6.23. The number of aliphatic hydroxyl groups is 1. The van der Waals surface area contributed by atoms with Crippen molar-refractivity contribution in [2.75, 3.05) is 26.7 Å². The predicted molar refractivity (Wildman–Crippen MR) is 143 cm³/mol. The van der Waals surface area contributed by atoms with Gasteiger partial charge in [-0.05, 0) is 55.8 Å². The van der Waals surface area contributed by atoms with Gasteiger partial charge >= 0.3 is 0 Å². The number of benzene rings is 2. The Balaban J connectivity index is 1.69. The Hall–Kier alpha value is -3.22. The van der Waals surface area contributed by atoms with Gasteiger partial charge in [0.1, 0.15) is 22.4 Å². The van der Waals surface area contributed by atoms with Gasteiger partial charge in [0.05, 0.1) is 6.61 Å². The van der Waals surface area contributed by atoms with Gasteiger partial charge in [-0.1, -0.05) is 49.2 Å². The van der Waals surface area contributed by atoms with Crippen LogP contribution in [0.3, 0.4) is 0 Å². The van der Waals surface area contributed by atoms with E-state index >= 15 is 0 Å². The highest BCUT2D eigenvalue weighted by molar-refractivity contribution is 7.89. The van der Waals surface area contributed by atoms with E-state index in [2.05, 4.69) is 33.9 Å². The average Bonchev–Trinajstić information content (AvgIpc) is 2.90. The predicted octanol–water partition coefficient (Wildman–Crippen LogP) is 3.38. The summed E-state index contributed by atoms with van der Waals surface area (Å²) in [6, 6.07) is 20.0. The van der Waals surface area contributed by atoms with Gasteiger partial charge in [-0.2, -0.15) is 4.31 Å². The SMILES string of the molecule is C[C@H](CO)N1C[C@H](C)[C@@H](CN(C)Cc2ccccc2)Oc2cc(C#Cc3ccccn3)ccc2S1(=O)=O. The van der Waals surface area contributed by atoms with Crippen LogP contribution in [0.5, 0.6) is 5.75 Å². The van der Waals surface area contributed by atoms with E-state index in [0.717, 1.165) is 6.54 Å². The zero-order valence-corrected chi connectivity index (χ0v) is 22.2. The van der Waals surface area contributed by atoms with Crippen LogP contribution in [0.15, 0.2) is 77.8 Å². The van der Waals surface area contributed by atoms with E-state index in [1.165, 1.54) is 9.87 Å². The second kappa shape index (κ2) is 11.9. The van der Waals surface area contributed by atoms with Gasteiger partial charge in [0.2, 0.25) is 10.0 Å². The van der Waals surface area contributed by atoms with Crippen LogP contribution in [0.2, 0.25) is 0 Å². The lowest BCUT2D eigenvalue weighted by atomic mass is 10.0. The molecule has 0 saturated carbocycles. The summed E-state index contributed by atoms with van der Waals surface area (Å²) in [4.78, 5) is 6.48. The molecule has 0 spiro atoms. The zero-order valence-electron chi connectivity index (χ0n) is 21.4. The van der Waals surface area contributed by atoms with E-state index in [0.29, 0.717) is 17.8 Å². The molecule has 0 radical (unpaired) electrons. The van der Waals surface area contributed by atoms with Crippen molar-refractivity contribution in [3.05, 3.63) is 89.7 Å². The quantitative estimate of drug-likeness (QED) is 0.503. The minimum absolute atomic E-state index is 0.0822. The Morgan fingerprint density at radius 2 is 1.89 bits per heavy atom. The molecule has 0 bridgehead atoms. The highest BCUT2D eigenvalue weighted by atomic mass is 32.2. The summed E-state index contributed by atoms with van der Waals surface area (Å²) in [5.41, 5.74) is 2.44. The number of sulfonamides is 1. The number of aromatic nitrogens is 1. The first-order valence-corrected chi connectivity index (χ1v) is 13.8. The molecular formula is C29H33N3O4S. The number of likely N-dealkylation sites (N-methyl/N-ethyl adjacent to an activating group) is 1. The normalized spacial score (nSPS) is 20.0. The Labute approximate surface area is 219 Å². The smallest absolute Gasteiger partial charge is 0.247 e. The fraction of sp³-hybridized carbons (Fsp3) is 0.345. The molecule has 0 unspecified atom stereocenters. The van der Waals surface area contributed by atoms with E-state index in [1.54, 1.807) is 31.3 Å². The Morgan fingerprint density at radius 3 is 2.59 bits per heavy atom. The Morgan fingerprint density at radius 1 is 1.14 bits per heavy atom. The maximum absolute atomic E-state index is 13.7. The molecule has 1 aliphatic heterocycles. The summed E-state index contributed by atoms with van der Waals surface area (Å²) in [6.07, 6.45) is 1.39. The topological polar surface area (TPSA) is 83.0 Å². The second-order valence-corrected chi connectivity index (χ2v) is 11.4. The molecule has 8 heteroatoms. The molecule has 0 saturated heterocycles. The van der Waals surface area contributed by atoms with Crippen molar-refractivity contribution in [1.29, 1.82) is 0 Å². The minimum Gasteiger partial charge on any atom is -0.487 e. The third-order valence-electron chi connectivity index (χ3n) is 6.45.